The average Bonchev–Trinajstić information content (AvgIpc) is 3.11. The van der Waals surface area contributed by atoms with Crippen molar-refractivity contribution in [1.29, 1.82) is 0 Å². The van der Waals surface area contributed by atoms with Crippen LogP contribution in [0.2, 0.25) is 0 Å². The van der Waals surface area contributed by atoms with Crippen LogP contribution in [0.3, 0.4) is 0 Å². The van der Waals surface area contributed by atoms with Crippen LogP contribution < -0.4 is 10.6 Å². The number of urea groups is 1. The van der Waals surface area contributed by atoms with E-state index in [1.807, 2.05) is 38.1 Å². The number of carbonyl (C=O) groups excluding carboxylic acids is 1. The maximum atomic E-state index is 12.1. The van der Waals surface area contributed by atoms with Crippen molar-refractivity contribution in [2.75, 3.05) is 18.1 Å². The second-order valence-electron chi connectivity index (χ2n) is 6.16. The fourth-order valence-corrected chi connectivity index (χ4v) is 4.20. The number of nitrogens with one attached hydrogen (secondary N) is 2. The zero-order valence-corrected chi connectivity index (χ0v) is 14.2. The van der Waals surface area contributed by atoms with Crippen molar-refractivity contribution >= 4 is 28.8 Å². The Labute approximate surface area is 139 Å². The Hall–Kier alpha value is -1.66. The quantitative estimate of drug-likeness (QED) is 0.803. The lowest BCUT2D eigenvalue weighted by Gasteiger charge is -2.22. The predicted octanol–water partition coefficient (Wildman–Crippen LogP) is 2.97. The molecule has 124 valence electrons. The van der Waals surface area contributed by atoms with E-state index in [1.165, 1.54) is 0 Å². The molecule has 5 nitrogen and oxygen atoms in total. The van der Waals surface area contributed by atoms with Gasteiger partial charge >= 0.3 is 6.03 Å². The third-order valence-electron chi connectivity index (χ3n) is 4.28. The predicted molar refractivity (Wildman–Crippen MR) is 92.8 cm³/mol. The normalized spacial score (nSPS) is 22.2. The molecule has 0 bridgehead atoms. The number of hydrogen-bond donors (Lipinski definition) is 3. The molecule has 0 aliphatic carbocycles. The molecule has 1 aliphatic heterocycles. The first-order valence-electron chi connectivity index (χ1n) is 7.81. The van der Waals surface area contributed by atoms with Crippen LogP contribution in [0.25, 0.3) is 11.0 Å². The SMILES string of the molecule is Cc1c(C(C)NC(=O)NCC2(O)CCSC2)oc2ccccc12. The van der Waals surface area contributed by atoms with Gasteiger partial charge < -0.3 is 20.2 Å². The molecule has 2 aromatic rings. The maximum Gasteiger partial charge on any atom is 0.315 e. The Morgan fingerprint density at radius 1 is 1.48 bits per heavy atom. The number of fused-ring (bicyclic) bond motifs is 1. The molecule has 2 unspecified atom stereocenters. The fourth-order valence-electron chi connectivity index (χ4n) is 2.90. The number of furan rings is 1. The van der Waals surface area contributed by atoms with Crippen molar-refractivity contribution in [2.24, 2.45) is 0 Å². The van der Waals surface area contributed by atoms with Crippen LogP contribution in [0.15, 0.2) is 28.7 Å². The molecule has 6 heteroatoms. The van der Waals surface area contributed by atoms with Crippen LogP contribution in [0, 0.1) is 6.92 Å². The molecule has 3 rings (SSSR count). The van der Waals surface area contributed by atoms with Crippen molar-refractivity contribution < 1.29 is 14.3 Å². The second-order valence-corrected chi connectivity index (χ2v) is 7.27. The van der Waals surface area contributed by atoms with E-state index in [2.05, 4.69) is 10.6 Å². The van der Waals surface area contributed by atoms with Gasteiger partial charge in [0.15, 0.2) is 0 Å². The van der Waals surface area contributed by atoms with E-state index in [4.69, 9.17) is 4.42 Å². The van der Waals surface area contributed by atoms with Gasteiger partial charge in [0.1, 0.15) is 11.3 Å². The third-order valence-corrected chi connectivity index (χ3v) is 5.52. The molecular formula is C17H22N2O3S. The first kappa shape index (κ1) is 16.2. The average molecular weight is 334 g/mol. The molecule has 0 radical (unpaired) electrons. The molecule has 1 fully saturated rings. The van der Waals surface area contributed by atoms with Crippen molar-refractivity contribution in [2.45, 2.75) is 31.9 Å². The van der Waals surface area contributed by atoms with Crippen molar-refractivity contribution in [3.63, 3.8) is 0 Å². The van der Waals surface area contributed by atoms with Crippen LogP contribution in [0.5, 0.6) is 0 Å². The number of aryl methyl sites for hydroxylation is 1. The van der Waals surface area contributed by atoms with Gasteiger partial charge in [-0.1, -0.05) is 18.2 Å². The van der Waals surface area contributed by atoms with Crippen molar-refractivity contribution in [3.05, 3.63) is 35.6 Å². The summed E-state index contributed by atoms with van der Waals surface area (Å²) in [6, 6.07) is 7.31. The minimum atomic E-state index is -0.777. The van der Waals surface area contributed by atoms with Gasteiger partial charge in [0.2, 0.25) is 0 Å². The zero-order valence-electron chi connectivity index (χ0n) is 13.4. The van der Waals surface area contributed by atoms with Crippen LogP contribution >= 0.6 is 11.8 Å². The molecule has 1 aliphatic rings. The second kappa shape index (κ2) is 6.45. The summed E-state index contributed by atoms with van der Waals surface area (Å²) >= 11 is 1.71. The summed E-state index contributed by atoms with van der Waals surface area (Å²) in [6.45, 7) is 4.16. The van der Waals surface area contributed by atoms with Crippen LogP contribution in [0.4, 0.5) is 4.79 Å². The summed E-state index contributed by atoms with van der Waals surface area (Å²) in [4.78, 5) is 12.1. The molecule has 1 aromatic carbocycles. The topological polar surface area (TPSA) is 74.5 Å². The summed E-state index contributed by atoms with van der Waals surface area (Å²) in [5.74, 6) is 2.37. The number of rotatable bonds is 4. The molecular weight excluding hydrogens is 312 g/mol. The minimum absolute atomic E-state index is 0.241. The van der Waals surface area contributed by atoms with Gasteiger partial charge in [-0.2, -0.15) is 11.8 Å². The van der Waals surface area contributed by atoms with E-state index in [0.29, 0.717) is 5.75 Å². The summed E-state index contributed by atoms with van der Waals surface area (Å²) in [6.07, 6.45) is 0.718. The largest absolute Gasteiger partial charge is 0.459 e. The number of carbonyl (C=O) groups is 1. The van der Waals surface area contributed by atoms with Gasteiger partial charge in [0.05, 0.1) is 11.6 Å². The Kier molecular flexibility index (Phi) is 4.55. The molecule has 1 aromatic heterocycles. The number of hydrogen-bond acceptors (Lipinski definition) is 4. The highest BCUT2D eigenvalue weighted by atomic mass is 32.2. The summed E-state index contributed by atoms with van der Waals surface area (Å²) in [7, 11) is 0. The highest BCUT2D eigenvalue weighted by Gasteiger charge is 2.32. The highest BCUT2D eigenvalue weighted by molar-refractivity contribution is 7.99. The molecule has 0 spiro atoms. The number of aliphatic hydroxyl groups is 1. The van der Waals surface area contributed by atoms with E-state index in [-0.39, 0.29) is 18.6 Å². The summed E-state index contributed by atoms with van der Waals surface area (Å²) in [5, 5.41) is 17.0. The molecule has 2 amide bonds. The van der Waals surface area contributed by atoms with Crippen LogP contribution in [0.1, 0.15) is 30.7 Å². The van der Waals surface area contributed by atoms with E-state index in [0.717, 1.165) is 34.5 Å². The Balaban J connectivity index is 1.62. The van der Waals surface area contributed by atoms with Crippen molar-refractivity contribution in [3.8, 4) is 0 Å². The van der Waals surface area contributed by atoms with E-state index in [9.17, 15) is 9.90 Å². The van der Waals surface area contributed by atoms with Gasteiger partial charge in [-0.3, -0.25) is 0 Å². The number of para-hydroxylation sites is 1. The number of thioether (sulfide) groups is 1. The van der Waals surface area contributed by atoms with Gasteiger partial charge in [-0.05, 0) is 32.1 Å². The molecule has 2 atom stereocenters. The van der Waals surface area contributed by atoms with E-state index >= 15 is 0 Å². The lowest BCUT2D eigenvalue weighted by atomic mass is 10.0. The van der Waals surface area contributed by atoms with E-state index < -0.39 is 5.60 Å². The summed E-state index contributed by atoms with van der Waals surface area (Å²) in [5.41, 5.74) is 1.09. The zero-order chi connectivity index (χ0) is 16.4. The van der Waals surface area contributed by atoms with Gasteiger partial charge in [0.25, 0.3) is 0 Å². The van der Waals surface area contributed by atoms with Crippen LogP contribution in [-0.4, -0.2) is 34.8 Å². The molecule has 2 heterocycles. The standard InChI is InChI=1S/C17H22N2O3S/c1-11-13-5-3-4-6-14(13)22-15(11)12(2)19-16(20)18-9-17(21)7-8-23-10-17/h3-6,12,21H,7-10H2,1-2H3,(H2,18,19,20). The van der Waals surface area contributed by atoms with Gasteiger partial charge in [-0.15, -0.1) is 0 Å². The Morgan fingerprint density at radius 2 is 2.26 bits per heavy atom. The first-order chi connectivity index (χ1) is 11.0. The van der Waals surface area contributed by atoms with Crippen molar-refractivity contribution in [1.82, 2.24) is 10.6 Å². The number of benzene rings is 1. The fraction of sp³-hybridized carbons (Fsp3) is 0.471. The highest BCUT2D eigenvalue weighted by Crippen LogP contribution is 2.29. The molecule has 3 N–H and O–H groups in total. The monoisotopic (exact) mass is 334 g/mol. The maximum absolute atomic E-state index is 12.1. The lowest BCUT2D eigenvalue weighted by molar-refractivity contribution is 0.0698. The molecule has 1 saturated heterocycles. The third kappa shape index (κ3) is 3.48. The molecule has 23 heavy (non-hydrogen) atoms. The van der Waals surface area contributed by atoms with Gasteiger partial charge in [-0.25, -0.2) is 4.79 Å². The molecule has 0 saturated carbocycles. The van der Waals surface area contributed by atoms with E-state index in [1.54, 1.807) is 11.8 Å². The summed E-state index contributed by atoms with van der Waals surface area (Å²) < 4.78 is 5.86. The van der Waals surface area contributed by atoms with Gasteiger partial charge in [0, 0.05) is 23.2 Å². The first-order valence-corrected chi connectivity index (χ1v) is 8.96. The van der Waals surface area contributed by atoms with Crippen LogP contribution in [-0.2, 0) is 0 Å². The lowest BCUT2D eigenvalue weighted by Crippen LogP contribution is -2.46. The Morgan fingerprint density at radius 3 is 2.96 bits per heavy atom. The number of amides is 2. The smallest absolute Gasteiger partial charge is 0.315 e. The Bertz CT molecular complexity index is 707. The minimum Gasteiger partial charge on any atom is -0.459 e.